The van der Waals surface area contributed by atoms with Crippen molar-refractivity contribution >= 4 is 40.5 Å². The first-order chi connectivity index (χ1) is 10.5. The van der Waals surface area contributed by atoms with E-state index in [2.05, 4.69) is 10.6 Å². The third-order valence-electron chi connectivity index (χ3n) is 2.81. The van der Waals surface area contributed by atoms with Gasteiger partial charge < -0.3 is 15.4 Å². The zero-order chi connectivity index (χ0) is 16.1. The van der Waals surface area contributed by atoms with Gasteiger partial charge in [-0.1, -0.05) is 23.2 Å². The second-order valence-corrected chi connectivity index (χ2v) is 5.24. The average molecular weight is 343 g/mol. The summed E-state index contributed by atoms with van der Waals surface area (Å²) in [6.45, 7) is -0.0707. The lowest BCUT2D eigenvalue weighted by Crippen LogP contribution is -2.22. The molecule has 2 aromatic carbocycles. The Balaban J connectivity index is 2.00. The molecule has 4 nitrogen and oxygen atoms in total. The molecule has 0 atom stereocenters. The predicted molar refractivity (Wildman–Crippen MR) is 86.5 cm³/mol. The van der Waals surface area contributed by atoms with Crippen LogP contribution in [0, 0.1) is 5.82 Å². The number of halogens is 3. The molecule has 0 aliphatic carbocycles. The van der Waals surface area contributed by atoms with Crippen LogP contribution in [-0.2, 0) is 4.79 Å². The number of methoxy groups -OCH3 is 1. The first kappa shape index (κ1) is 16.4. The van der Waals surface area contributed by atoms with E-state index in [4.69, 9.17) is 27.9 Å². The number of ether oxygens (including phenoxy) is 1. The van der Waals surface area contributed by atoms with Crippen molar-refractivity contribution in [2.24, 2.45) is 0 Å². The highest BCUT2D eigenvalue weighted by Gasteiger charge is 2.09. The summed E-state index contributed by atoms with van der Waals surface area (Å²) in [5.41, 5.74) is 0.635. The lowest BCUT2D eigenvalue weighted by atomic mass is 10.3. The molecular weight excluding hydrogens is 330 g/mol. The summed E-state index contributed by atoms with van der Waals surface area (Å²) < 4.78 is 18.7. The van der Waals surface area contributed by atoms with Gasteiger partial charge in [-0.05, 0) is 36.4 Å². The maximum Gasteiger partial charge on any atom is 0.243 e. The van der Waals surface area contributed by atoms with Gasteiger partial charge in [-0.3, -0.25) is 4.79 Å². The van der Waals surface area contributed by atoms with Crippen LogP contribution < -0.4 is 15.4 Å². The molecule has 22 heavy (non-hydrogen) atoms. The van der Waals surface area contributed by atoms with E-state index in [-0.39, 0.29) is 17.3 Å². The number of hydrogen-bond acceptors (Lipinski definition) is 3. The molecule has 0 heterocycles. The van der Waals surface area contributed by atoms with E-state index in [1.807, 2.05) is 0 Å². The van der Waals surface area contributed by atoms with E-state index in [0.29, 0.717) is 16.5 Å². The molecule has 0 fully saturated rings. The number of carbonyl (C=O) groups is 1. The zero-order valence-corrected chi connectivity index (χ0v) is 13.1. The minimum atomic E-state index is -0.596. The second-order valence-electron chi connectivity index (χ2n) is 4.37. The lowest BCUT2D eigenvalue weighted by Gasteiger charge is -2.12. The fourth-order valence-corrected chi connectivity index (χ4v) is 2.11. The summed E-state index contributed by atoms with van der Waals surface area (Å²) in [5, 5.41) is 6.11. The largest absolute Gasteiger partial charge is 0.495 e. The minimum absolute atomic E-state index is 0.0641. The first-order valence-corrected chi connectivity index (χ1v) is 7.07. The third kappa shape index (κ3) is 4.26. The van der Waals surface area contributed by atoms with Gasteiger partial charge in [0.15, 0.2) is 0 Å². The summed E-state index contributed by atoms with van der Waals surface area (Å²) in [7, 11) is 1.51. The molecule has 0 spiro atoms. The van der Waals surface area contributed by atoms with Crippen LogP contribution in [-0.4, -0.2) is 19.6 Å². The molecule has 0 saturated carbocycles. The van der Waals surface area contributed by atoms with Crippen LogP contribution in [0.1, 0.15) is 0 Å². The van der Waals surface area contributed by atoms with Crippen molar-refractivity contribution in [1.82, 2.24) is 0 Å². The van der Waals surface area contributed by atoms with E-state index < -0.39 is 11.7 Å². The van der Waals surface area contributed by atoms with Crippen molar-refractivity contribution in [3.8, 4) is 5.75 Å². The molecule has 116 valence electrons. The van der Waals surface area contributed by atoms with Gasteiger partial charge >= 0.3 is 0 Å². The lowest BCUT2D eigenvalue weighted by molar-refractivity contribution is -0.114. The molecule has 0 aliphatic heterocycles. The van der Waals surface area contributed by atoms with E-state index in [1.165, 1.54) is 19.2 Å². The minimum Gasteiger partial charge on any atom is -0.495 e. The van der Waals surface area contributed by atoms with Gasteiger partial charge in [0.1, 0.15) is 11.6 Å². The standard InChI is InChI=1S/C15H13Cl2FN2O2/c1-22-14-5-3-10(17)7-13(14)19-8-15(21)20-12-4-2-9(16)6-11(12)18/h2-7,19H,8H2,1H3,(H,20,21). The van der Waals surface area contributed by atoms with Gasteiger partial charge in [0.05, 0.1) is 25.0 Å². The Morgan fingerprint density at radius 1 is 1.14 bits per heavy atom. The van der Waals surface area contributed by atoms with Crippen molar-refractivity contribution in [2.45, 2.75) is 0 Å². The van der Waals surface area contributed by atoms with Gasteiger partial charge in [0, 0.05) is 10.0 Å². The molecule has 2 N–H and O–H groups in total. The fourth-order valence-electron chi connectivity index (χ4n) is 1.78. The van der Waals surface area contributed by atoms with Gasteiger partial charge in [-0.2, -0.15) is 0 Å². The second kappa shape index (κ2) is 7.33. The Hall–Kier alpha value is -1.98. The van der Waals surface area contributed by atoms with Crippen LogP contribution in [0.15, 0.2) is 36.4 Å². The van der Waals surface area contributed by atoms with Crippen molar-refractivity contribution in [2.75, 3.05) is 24.3 Å². The number of nitrogens with one attached hydrogen (secondary N) is 2. The van der Waals surface area contributed by atoms with Gasteiger partial charge in [-0.25, -0.2) is 4.39 Å². The predicted octanol–water partition coefficient (Wildman–Crippen LogP) is 4.19. The topological polar surface area (TPSA) is 50.4 Å². The van der Waals surface area contributed by atoms with Crippen molar-refractivity contribution < 1.29 is 13.9 Å². The highest BCUT2D eigenvalue weighted by atomic mass is 35.5. The molecule has 0 aliphatic rings. The molecule has 0 unspecified atom stereocenters. The molecule has 0 bridgehead atoms. The normalized spacial score (nSPS) is 10.2. The summed E-state index contributed by atoms with van der Waals surface area (Å²) >= 11 is 11.5. The molecule has 0 saturated heterocycles. The average Bonchev–Trinajstić information content (AvgIpc) is 2.48. The molecule has 2 rings (SSSR count). The fraction of sp³-hybridized carbons (Fsp3) is 0.133. The number of carbonyl (C=O) groups excluding carboxylic acids is 1. The van der Waals surface area contributed by atoms with Crippen molar-refractivity contribution in [3.63, 3.8) is 0 Å². The van der Waals surface area contributed by atoms with E-state index in [0.717, 1.165) is 6.07 Å². The van der Waals surface area contributed by atoms with Crippen LogP contribution in [0.3, 0.4) is 0 Å². The van der Waals surface area contributed by atoms with Gasteiger partial charge in [0.2, 0.25) is 5.91 Å². The molecular formula is C15H13Cl2FN2O2. The number of benzene rings is 2. The maximum absolute atomic E-state index is 13.6. The molecule has 7 heteroatoms. The van der Waals surface area contributed by atoms with Crippen LogP contribution >= 0.6 is 23.2 Å². The number of rotatable bonds is 5. The molecule has 2 aromatic rings. The van der Waals surface area contributed by atoms with Crippen molar-refractivity contribution in [3.05, 3.63) is 52.3 Å². The van der Waals surface area contributed by atoms with E-state index in [9.17, 15) is 9.18 Å². The van der Waals surface area contributed by atoms with Crippen molar-refractivity contribution in [1.29, 1.82) is 0 Å². The number of hydrogen-bond donors (Lipinski definition) is 2. The third-order valence-corrected chi connectivity index (χ3v) is 3.28. The Morgan fingerprint density at radius 3 is 2.50 bits per heavy atom. The van der Waals surface area contributed by atoms with Gasteiger partial charge in [-0.15, -0.1) is 0 Å². The van der Waals surface area contributed by atoms with E-state index >= 15 is 0 Å². The van der Waals surface area contributed by atoms with Gasteiger partial charge in [0.25, 0.3) is 0 Å². The van der Waals surface area contributed by atoms with Crippen LogP contribution in [0.4, 0.5) is 15.8 Å². The Kier molecular flexibility index (Phi) is 5.46. The quantitative estimate of drug-likeness (QED) is 0.856. The maximum atomic E-state index is 13.6. The summed E-state index contributed by atoms with van der Waals surface area (Å²) in [4.78, 5) is 11.9. The van der Waals surface area contributed by atoms with Crippen LogP contribution in [0.5, 0.6) is 5.75 Å². The summed E-state index contributed by atoms with van der Waals surface area (Å²) in [6, 6.07) is 9.01. The highest BCUT2D eigenvalue weighted by molar-refractivity contribution is 6.31. The number of amides is 1. The van der Waals surface area contributed by atoms with E-state index in [1.54, 1.807) is 18.2 Å². The highest BCUT2D eigenvalue weighted by Crippen LogP contribution is 2.27. The first-order valence-electron chi connectivity index (χ1n) is 6.32. The number of anilines is 2. The summed E-state index contributed by atoms with van der Waals surface area (Å²) in [6.07, 6.45) is 0. The van der Waals surface area contributed by atoms with Crippen LogP contribution in [0.2, 0.25) is 10.0 Å². The monoisotopic (exact) mass is 342 g/mol. The molecule has 1 amide bonds. The Labute approximate surface area is 137 Å². The Morgan fingerprint density at radius 2 is 1.82 bits per heavy atom. The molecule has 0 aromatic heterocycles. The molecule has 0 radical (unpaired) electrons. The zero-order valence-electron chi connectivity index (χ0n) is 11.6. The SMILES string of the molecule is COc1ccc(Cl)cc1NCC(=O)Nc1ccc(Cl)cc1F. The smallest absolute Gasteiger partial charge is 0.243 e. The van der Waals surface area contributed by atoms with Crippen LogP contribution in [0.25, 0.3) is 0 Å². The Bertz CT molecular complexity index is 695. The summed E-state index contributed by atoms with van der Waals surface area (Å²) in [5.74, 6) is -0.459.